The van der Waals surface area contributed by atoms with Crippen LogP contribution < -0.4 is 5.32 Å². The summed E-state index contributed by atoms with van der Waals surface area (Å²) in [5.41, 5.74) is 4.14. The Kier molecular flexibility index (Phi) is 2.63. The number of aromatic amines is 3. The van der Waals surface area contributed by atoms with Crippen LogP contribution in [0.4, 0.5) is 11.5 Å². The van der Waals surface area contributed by atoms with Crippen LogP contribution >= 0.6 is 0 Å². The van der Waals surface area contributed by atoms with Gasteiger partial charge in [-0.1, -0.05) is 12.1 Å². The fraction of sp³-hybridized carbons (Fsp3) is 0. The summed E-state index contributed by atoms with van der Waals surface area (Å²) < 4.78 is 0. The van der Waals surface area contributed by atoms with E-state index in [2.05, 4.69) is 40.4 Å². The molecule has 0 unspecified atom stereocenters. The van der Waals surface area contributed by atoms with Crippen LogP contribution in [0.1, 0.15) is 0 Å². The van der Waals surface area contributed by atoms with Crippen molar-refractivity contribution < 1.29 is 0 Å². The lowest BCUT2D eigenvalue weighted by Gasteiger charge is -2.05. The van der Waals surface area contributed by atoms with E-state index < -0.39 is 0 Å². The molecule has 1 aromatic carbocycles. The van der Waals surface area contributed by atoms with Crippen molar-refractivity contribution in [1.29, 1.82) is 0 Å². The molecular formula is C16H12N8. The number of nitrogens with one attached hydrogen (secondary N) is 4. The Hall–Kier alpha value is -3.68. The largest absolute Gasteiger partial charge is 0.346 e. The van der Waals surface area contributed by atoms with Gasteiger partial charge in [-0.3, -0.25) is 5.10 Å². The Labute approximate surface area is 135 Å². The fourth-order valence-electron chi connectivity index (χ4n) is 2.73. The highest BCUT2D eigenvalue weighted by atomic mass is 15.2. The Morgan fingerprint density at radius 2 is 2.00 bits per heavy atom. The summed E-state index contributed by atoms with van der Waals surface area (Å²) in [6.45, 7) is 0. The number of para-hydroxylation sites is 2. The standard InChI is InChI=1S/C16H12N8/c1-2-4-11-10(3-1)21-16(22-11)13-12(7-20-24-13)23-15-9-5-6-17-14(9)18-8-19-15/h1-8H,(H,20,24)(H,21,22)(H2,17,18,19,23). The summed E-state index contributed by atoms with van der Waals surface area (Å²) in [4.78, 5) is 19.5. The van der Waals surface area contributed by atoms with Gasteiger partial charge in [-0.15, -0.1) is 0 Å². The van der Waals surface area contributed by atoms with Gasteiger partial charge in [0.1, 0.15) is 17.8 Å². The normalized spacial score (nSPS) is 11.3. The van der Waals surface area contributed by atoms with Gasteiger partial charge in [0.05, 0.1) is 22.1 Å². The molecule has 0 aliphatic carbocycles. The van der Waals surface area contributed by atoms with Gasteiger partial charge in [-0.25, -0.2) is 15.0 Å². The fourth-order valence-corrected chi connectivity index (χ4v) is 2.73. The van der Waals surface area contributed by atoms with Crippen molar-refractivity contribution in [3.63, 3.8) is 0 Å². The third-order valence-corrected chi connectivity index (χ3v) is 3.86. The first-order valence-electron chi connectivity index (χ1n) is 7.42. The minimum absolute atomic E-state index is 0.694. The summed E-state index contributed by atoms with van der Waals surface area (Å²) in [6.07, 6.45) is 5.13. The summed E-state index contributed by atoms with van der Waals surface area (Å²) in [7, 11) is 0. The Bertz CT molecular complexity index is 1120. The van der Waals surface area contributed by atoms with E-state index >= 15 is 0 Å². The Morgan fingerprint density at radius 1 is 1.04 bits per heavy atom. The molecule has 0 atom stereocenters. The number of fused-ring (bicyclic) bond motifs is 2. The zero-order chi connectivity index (χ0) is 15.9. The van der Waals surface area contributed by atoms with Crippen molar-refractivity contribution in [2.45, 2.75) is 0 Å². The van der Waals surface area contributed by atoms with Crippen LogP contribution in [0.2, 0.25) is 0 Å². The summed E-state index contributed by atoms with van der Waals surface area (Å²) in [5, 5.41) is 11.4. The van der Waals surface area contributed by atoms with Crippen LogP contribution in [0.25, 0.3) is 33.6 Å². The Morgan fingerprint density at radius 3 is 2.96 bits per heavy atom. The van der Waals surface area contributed by atoms with Gasteiger partial charge >= 0.3 is 0 Å². The van der Waals surface area contributed by atoms with Crippen LogP contribution in [0.3, 0.4) is 0 Å². The molecule has 0 saturated carbocycles. The summed E-state index contributed by atoms with van der Waals surface area (Å²) >= 11 is 0. The first-order valence-corrected chi connectivity index (χ1v) is 7.42. The molecule has 0 spiro atoms. The molecule has 0 bridgehead atoms. The van der Waals surface area contributed by atoms with E-state index in [0.717, 1.165) is 27.8 Å². The van der Waals surface area contributed by atoms with Gasteiger partial charge in [0.2, 0.25) is 0 Å². The van der Waals surface area contributed by atoms with E-state index in [-0.39, 0.29) is 0 Å². The maximum atomic E-state index is 4.59. The number of benzene rings is 1. The number of nitrogens with zero attached hydrogens (tertiary/aromatic N) is 4. The molecule has 0 aliphatic heterocycles. The monoisotopic (exact) mass is 316 g/mol. The van der Waals surface area contributed by atoms with Gasteiger partial charge in [0.25, 0.3) is 0 Å². The summed E-state index contributed by atoms with van der Waals surface area (Å²) in [5.74, 6) is 1.40. The van der Waals surface area contributed by atoms with Crippen molar-refractivity contribution in [3.05, 3.63) is 49.1 Å². The number of rotatable bonds is 3. The lowest BCUT2D eigenvalue weighted by Crippen LogP contribution is -1.96. The maximum Gasteiger partial charge on any atom is 0.161 e. The number of H-pyrrole nitrogens is 3. The molecule has 4 heterocycles. The van der Waals surface area contributed by atoms with E-state index in [4.69, 9.17) is 0 Å². The highest BCUT2D eigenvalue weighted by Crippen LogP contribution is 2.29. The second-order valence-electron chi connectivity index (χ2n) is 5.34. The molecule has 116 valence electrons. The predicted octanol–water partition coefficient (Wildman–Crippen LogP) is 2.97. The molecule has 4 aromatic heterocycles. The number of aromatic nitrogens is 7. The van der Waals surface area contributed by atoms with Crippen LogP contribution in [0.5, 0.6) is 0 Å². The second-order valence-corrected chi connectivity index (χ2v) is 5.34. The van der Waals surface area contributed by atoms with Crippen molar-refractivity contribution in [1.82, 2.24) is 35.1 Å². The van der Waals surface area contributed by atoms with Crippen molar-refractivity contribution in [2.75, 3.05) is 5.32 Å². The van der Waals surface area contributed by atoms with Gasteiger partial charge in [-0.05, 0) is 18.2 Å². The molecule has 24 heavy (non-hydrogen) atoms. The molecule has 0 fully saturated rings. The third-order valence-electron chi connectivity index (χ3n) is 3.86. The van der Waals surface area contributed by atoms with Crippen molar-refractivity contribution in [2.24, 2.45) is 0 Å². The van der Waals surface area contributed by atoms with Gasteiger partial charge in [0.15, 0.2) is 11.5 Å². The zero-order valence-corrected chi connectivity index (χ0v) is 12.4. The SMILES string of the molecule is c1ccc2[nH]c(-c3n[nH]cc3Nc3ncnc4[nH]ccc34)nc2c1. The van der Waals surface area contributed by atoms with Crippen LogP contribution in [-0.2, 0) is 0 Å². The maximum absolute atomic E-state index is 4.59. The van der Waals surface area contributed by atoms with E-state index in [1.807, 2.05) is 36.5 Å². The molecule has 4 N–H and O–H groups in total. The highest BCUT2D eigenvalue weighted by Gasteiger charge is 2.14. The quantitative estimate of drug-likeness (QED) is 0.409. The molecular weight excluding hydrogens is 304 g/mol. The van der Waals surface area contributed by atoms with E-state index in [0.29, 0.717) is 17.3 Å². The second kappa shape index (κ2) is 4.92. The molecule has 0 amide bonds. The number of anilines is 2. The number of hydrogen-bond acceptors (Lipinski definition) is 5. The van der Waals surface area contributed by atoms with Crippen LogP contribution in [0, 0.1) is 0 Å². The van der Waals surface area contributed by atoms with E-state index in [9.17, 15) is 0 Å². The number of imidazole rings is 1. The zero-order valence-electron chi connectivity index (χ0n) is 12.4. The molecule has 5 rings (SSSR count). The van der Waals surface area contributed by atoms with Gasteiger partial charge in [0, 0.05) is 12.4 Å². The minimum Gasteiger partial charge on any atom is -0.346 e. The van der Waals surface area contributed by atoms with Gasteiger partial charge in [-0.2, -0.15) is 5.10 Å². The molecule has 8 heteroatoms. The van der Waals surface area contributed by atoms with Crippen molar-refractivity contribution in [3.8, 4) is 11.5 Å². The lowest BCUT2D eigenvalue weighted by atomic mass is 10.3. The molecule has 0 saturated heterocycles. The average Bonchev–Trinajstić information content (AvgIpc) is 3.33. The van der Waals surface area contributed by atoms with E-state index in [1.165, 1.54) is 6.33 Å². The van der Waals surface area contributed by atoms with Gasteiger partial charge < -0.3 is 15.3 Å². The van der Waals surface area contributed by atoms with Crippen LogP contribution in [0.15, 0.2) is 49.1 Å². The third kappa shape index (κ3) is 1.93. The predicted molar refractivity (Wildman–Crippen MR) is 90.8 cm³/mol. The Balaban J connectivity index is 1.59. The molecule has 8 nitrogen and oxygen atoms in total. The first kappa shape index (κ1) is 12.8. The highest BCUT2D eigenvalue weighted by molar-refractivity contribution is 5.90. The molecule has 0 aliphatic rings. The summed E-state index contributed by atoms with van der Waals surface area (Å²) in [6, 6.07) is 9.80. The molecule has 0 radical (unpaired) electrons. The number of hydrogen-bond donors (Lipinski definition) is 4. The lowest BCUT2D eigenvalue weighted by molar-refractivity contribution is 1.08. The average molecular weight is 316 g/mol. The van der Waals surface area contributed by atoms with Crippen LogP contribution in [-0.4, -0.2) is 35.1 Å². The first-order chi connectivity index (χ1) is 11.9. The topological polar surface area (TPSA) is 111 Å². The van der Waals surface area contributed by atoms with E-state index in [1.54, 1.807) is 6.20 Å². The van der Waals surface area contributed by atoms with Crippen molar-refractivity contribution >= 4 is 33.6 Å². The molecule has 5 aromatic rings. The smallest absolute Gasteiger partial charge is 0.161 e. The minimum atomic E-state index is 0.694.